The van der Waals surface area contributed by atoms with E-state index < -0.39 is 12.1 Å². The lowest BCUT2D eigenvalue weighted by atomic mass is 10.2. The lowest BCUT2D eigenvalue weighted by Crippen LogP contribution is -2.30. The molecule has 0 spiro atoms. The van der Waals surface area contributed by atoms with Gasteiger partial charge in [-0.1, -0.05) is 0 Å². The highest BCUT2D eigenvalue weighted by atomic mass is 16.5. The van der Waals surface area contributed by atoms with Crippen LogP contribution in [-0.2, 0) is 9.53 Å². The number of ether oxygens (including phenoxy) is 1. The van der Waals surface area contributed by atoms with Crippen molar-refractivity contribution in [1.29, 1.82) is 0 Å². The van der Waals surface area contributed by atoms with Crippen molar-refractivity contribution in [3.63, 3.8) is 0 Å². The van der Waals surface area contributed by atoms with E-state index in [2.05, 4.69) is 9.73 Å². The summed E-state index contributed by atoms with van der Waals surface area (Å²) in [6.07, 6.45) is -0.131. The van der Waals surface area contributed by atoms with E-state index in [-0.39, 0.29) is 6.61 Å². The van der Waals surface area contributed by atoms with Crippen molar-refractivity contribution < 1.29 is 14.6 Å². The maximum Gasteiger partial charge on any atom is 0.334 e. The Labute approximate surface area is 96.1 Å². The highest BCUT2D eigenvalue weighted by Crippen LogP contribution is 2.00. The number of aliphatic imine (C=N–C) groups is 1. The van der Waals surface area contributed by atoms with Gasteiger partial charge >= 0.3 is 5.97 Å². The number of carbonyl (C=O) groups is 1. The summed E-state index contributed by atoms with van der Waals surface area (Å²) in [6.45, 7) is 2.47. The Morgan fingerprint density at radius 3 is 2.69 bits per heavy atom. The fourth-order valence-electron chi connectivity index (χ4n) is 0.976. The molecule has 0 saturated carbocycles. The summed E-state index contributed by atoms with van der Waals surface area (Å²) in [5.41, 5.74) is 5.56. The Hall–Kier alpha value is -1.30. The quantitative estimate of drug-likeness (QED) is 0.280. The zero-order valence-electron chi connectivity index (χ0n) is 10.1. The largest absolute Gasteiger partial charge is 0.464 e. The van der Waals surface area contributed by atoms with Gasteiger partial charge < -0.3 is 20.5 Å². The molecule has 0 bridgehead atoms. The smallest absolute Gasteiger partial charge is 0.334 e. The number of hydrogen-bond donors (Lipinski definition) is 2. The predicted octanol–water partition coefficient (Wildman–Crippen LogP) is -0.433. The molecule has 0 aromatic carbocycles. The molecule has 0 heterocycles. The number of carbonyl (C=O) groups excluding carboxylic acids is 1. The Kier molecular flexibility index (Phi) is 7.28. The summed E-state index contributed by atoms with van der Waals surface area (Å²) in [7, 11) is 3.60. The number of aliphatic hydroxyl groups is 1. The minimum atomic E-state index is -1.06. The van der Waals surface area contributed by atoms with E-state index >= 15 is 0 Å². The van der Waals surface area contributed by atoms with Crippen LogP contribution < -0.4 is 5.73 Å². The van der Waals surface area contributed by atoms with E-state index in [1.165, 1.54) is 0 Å². The van der Waals surface area contributed by atoms with Crippen molar-refractivity contribution in [2.24, 2.45) is 10.7 Å². The number of rotatable bonds is 6. The maximum absolute atomic E-state index is 11.0. The van der Waals surface area contributed by atoms with Gasteiger partial charge in [0.2, 0.25) is 0 Å². The van der Waals surface area contributed by atoms with Crippen molar-refractivity contribution >= 4 is 11.9 Å². The number of hydrogen-bond acceptors (Lipinski definition) is 4. The predicted molar refractivity (Wildman–Crippen MR) is 62.1 cm³/mol. The van der Waals surface area contributed by atoms with Gasteiger partial charge in [0.15, 0.2) is 12.1 Å². The average molecular weight is 231 g/mol. The molecule has 6 heteroatoms. The first-order valence-corrected chi connectivity index (χ1v) is 5.31. The average Bonchev–Trinajstić information content (AvgIpc) is 2.23. The summed E-state index contributed by atoms with van der Waals surface area (Å²) in [4.78, 5) is 16.8. The lowest BCUT2D eigenvalue weighted by Gasteiger charge is -2.11. The van der Waals surface area contributed by atoms with Crippen molar-refractivity contribution in [3.05, 3.63) is 0 Å². The minimum absolute atomic E-state index is 0.279. The topological polar surface area (TPSA) is 88.1 Å². The zero-order chi connectivity index (χ0) is 12.6. The van der Waals surface area contributed by atoms with E-state index in [1.807, 2.05) is 0 Å². The molecule has 0 saturated heterocycles. The molecule has 6 nitrogen and oxygen atoms in total. The normalized spacial score (nSPS) is 13.4. The first-order chi connectivity index (χ1) is 7.49. The van der Waals surface area contributed by atoms with Gasteiger partial charge in [0.1, 0.15) is 0 Å². The number of nitrogens with two attached hydrogens (primary N) is 1. The van der Waals surface area contributed by atoms with Crippen LogP contribution in [0.4, 0.5) is 0 Å². The van der Waals surface area contributed by atoms with E-state index in [4.69, 9.17) is 5.73 Å². The molecule has 94 valence electrons. The number of esters is 1. The third-order valence-electron chi connectivity index (χ3n) is 1.93. The van der Waals surface area contributed by atoms with E-state index in [0.717, 1.165) is 0 Å². The molecule has 16 heavy (non-hydrogen) atoms. The monoisotopic (exact) mass is 231 g/mol. The van der Waals surface area contributed by atoms with E-state index in [1.54, 1.807) is 25.9 Å². The lowest BCUT2D eigenvalue weighted by molar-refractivity contribution is -0.153. The highest BCUT2D eigenvalue weighted by Gasteiger charge is 2.14. The van der Waals surface area contributed by atoms with Crippen LogP contribution in [0.2, 0.25) is 0 Å². The van der Waals surface area contributed by atoms with Crippen LogP contribution in [0, 0.1) is 0 Å². The number of nitrogens with zero attached hydrogens (tertiary/aromatic N) is 2. The molecule has 0 aliphatic carbocycles. The Bertz CT molecular complexity index is 241. The van der Waals surface area contributed by atoms with Crippen LogP contribution in [0.5, 0.6) is 0 Å². The van der Waals surface area contributed by atoms with Gasteiger partial charge in [-0.05, 0) is 19.8 Å². The molecule has 0 radical (unpaired) electrons. The molecule has 1 atom stereocenters. The third-order valence-corrected chi connectivity index (χ3v) is 1.93. The fraction of sp³-hybridized carbons (Fsp3) is 0.800. The second-order valence-electron chi connectivity index (χ2n) is 3.54. The van der Waals surface area contributed by atoms with Crippen LogP contribution in [0.25, 0.3) is 0 Å². The van der Waals surface area contributed by atoms with Crippen molar-refractivity contribution in [1.82, 2.24) is 4.90 Å². The summed E-state index contributed by atoms with van der Waals surface area (Å²) in [5, 5.41) is 9.36. The van der Waals surface area contributed by atoms with Gasteiger partial charge in [-0.2, -0.15) is 0 Å². The summed E-state index contributed by atoms with van der Waals surface area (Å²) < 4.78 is 4.66. The van der Waals surface area contributed by atoms with Crippen molar-refractivity contribution in [3.8, 4) is 0 Å². The first kappa shape index (κ1) is 14.7. The van der Waals surface area contributed by atoms with Gasteiger partial charge in [0, 0.05) is 20.6 Å². The van der Waals surface area contributed by atoms with Gasteiger partial charge in [-0.3, -0.25) is 4.99 Å². The second kappa shape index (κ2) is 7.92. The van der Waals surface area contributed by atoms with E-state index in [0.29, 0.717) is 25.3 Å². The Morgan fingerprint density at radius 2 is 2.19 bits per heavy atom. The molecule has 0 aromatic rings. The molecular weight excluding hydrogens is 210 g/mol. The molecule has 0 amide bonds. The summed E-state index contributed by atoms with van der Waals surface area (Å²) in [5.74, 6) is -0.141. The van der Waals surface area contributed by atoms with Crippen molar-refractivity contribution in [2.45, 2.75) is 25.9 Å². The van der Waals surface area contributed by atoms with E-state index in [9.17, 15) is 9.90 Å². The van der Waals surface area contributed by atoms with Crippen LogP contribution in [0.3, 0.4) is 0 Å². The van der Waals surface area contributed by atoms with Crippen LogP contribution in [0.15, 0.2) is 4.99 Å². The third kappa shape index (κ3) is 6.23. The molecule has 3 N–H and O–H groups in total. The fourth-order valence-corrected chi connectivity index (χ4v) is 0.976. The van der Waals surface area contributed by atoms with Gasteiger partial charge in [0.05, 0.1) is 6.61 Å². The zero-order valence-corrected chi connectivity index (χ0v) is 10.1. The maximum atomic E-state index is 11.0. The molecule has 0 fully saturated rings. The molecule has 0 aliphatic heterocycles. The molecule has 0 rings (SSSR count). The van der Waals surface area contributed by atoms with Crippen LogP contribution in [-0.4, -0.2) is 55.3 Å². The van der Waals surface area contributed by atoms with Gasteiger partial charge in [-0.25, -0.2) is 4.79 Å². The molecule has 0 aliphatic rings. The summed E-state index contributed by atoms with van der Waals surface area (Å²) in [6, 6.07) is 0. The Morgan fingerprint density at radius 1 is 1.56 bits per heavy atom. The van der Waals surface area contributed by atoms with Gasteiger partial charge in [0.25, 0.3) is 0 Å². The number of guanidine groups is 1. The number of aliphatic hydroxyl groups excluding tert-OH is 1. The summed E-state index contributed by atoms with van der Waals surface area (Å²) >= 11 is 0. The SMILES string of the molecule is CCOC(=O)C(O)CCCN=C(N)N(C)C. The van der Waals surface area contributed by atoms with Crippen molar-refractivity contribution in [2.75, 3.05) is 27.2 Å². The van der Waals surface area contributed by atoms with Crippen LogP contribution in [0.1, 0.15) is 19.8 Å². The molecule has 1 unspecified atom stereocenters. The standard InChI is InChI=1S/C10H21N3O3/c1-4-16-9(15)8(14)6-5-7-12-10(11)13(2)3/h8,14H,4-7H2,1-3H3,(H2,11,12). The second-order valence-corrected chi connectivity index (χ2v) is 3.54. The highest BCUT2D eigenvalue weighted by molar-refractivity contribution is 5.77. The first-order valence-electron chi connectivity index (χ1n) is 5.31. The Balaban J connectivity index is 3.74. The minimum Gasteiger partial charge on any atom is -0.464 e. The molecule has 0 aromatic heterocycles. The van der Waals surface area contributed by atoms with Gasteiger partial charge in [-0.15, -0.1) is 0 Å². The van der Waals surface area contributed by atoms with Crippen LogP contribution >= 0.6 is 0 Å². The molecular formula is C10H21N3O3.